The van der Waals surface area contributed by atoms with Gasteiger partial charge in [0.2, 0.25) is 0 Å². The molecule has 1 aromatic carbocycles. The number of halogens is 1. The molecule has 0 saturated heterocycles. The summed E-state index contributed by atoms with van der Waals surface area (Å²) in [5.41, 5.74) is 2.30. The molecule has 3 heteroatoms. The van der Waals surface area contributed by atoms with Gasteiger partial charge in [-0.05, 0) is 31.4 Å². The van der Waals surface area contributed by atoms with E-state index >= 15 is 0 Å². The predicted molar refractivity (Wildman–Crippen MR) is 77.1 cm³/mol. The average molecular weight is 249 g/mol. The molecule has 0 unspecified atom stereocenters. The van der Waals surface area contributed by atoms with Gasteiger partial charge in [0.1, 0.15) is 0 Å². The lowest BCUT2D eigenvalue weighted by Crippen LogP contribution is -2.14. The predicted octanol–water partition coefficient (Wildman–Crippen LogP) is 4.34. The van der Waals surface area contributed by atoms with Crippen LogP contribution in [0.15, 0.2) is 49.0 Å². The van der Waals surface area contributed by atoms with Gasteiger partial charge >= 0.3 is 6.33 Å². The number of rotatable bonds is 6. The van der Waals surface area contributed by atoms with Gasteiger partial charge in [0, 0.05) is 6.10 Å². The number of benzene rings is 1. The van der Waals surface area contributed by atoms with Crippen LogP contribution in [-0.2, 0) is 4.65 Å². The highest BCUT2D eigenvalue weighted by Crippen LogP contribution is 2.20. The fourth-order valence-electron chi connectivity index (χ4n) is 1.55. The van der Waals surface area contributed by atoms with Crippen LogP contribution in [0.2, 0.25) is 0 Å². The molecule has 17 heavy (non-hydrogen) atoms. The molecule has 0 aliphatic heterocycles. The SMILES string of the molecule is C=CC/C(=C\B(Cl)OC(C)C)c1ccccc1. The summed E-state index contributed by atoms with van der Waals surface area (Å²) in [6.07, 6.45) is 2.38. The lowest BCUT2D eigenvalue weighted by Gasteiger charge is -2.10. The second kappa shape index (κ2) is 7.36. The summed E-state index contributed by atoms with van der Waals surface area (Å²) in [6, 6.07) is 10.2. The monoisotopic (exact) mass is 248 g/mol. The van der Waals surface area contributed by atoms with Crippen LogP contribution in [0.3, 0.4) is 0 Å². The van der Waals surface area contributed by atoms with Crippen LogP contribution in [0.4, 0.5) is 0 Å². The second-order valence-electron chi connectivity index (χ2n) is 4.09. The maximum Gasteiger partial charge on any atom is 0.427 e. The lowest BCUT2D eigenvalue weighted by atomic mass is 9.89. The molecule has 0 heterocycles. The largest absolute Gasteiger partial charge is 0.427 e. The van der Waals surface area contributed by atoms with Gasteiger partial charge in [0.05, 0.1) is 0 Å². The molecule has 1 rings (SSSR count). The van der Waals surface area contributed by atoms with Gasteiger partial charge in [-0.15, -0.1) is 18.0 Å². The van der Waals surface area contributed by atoms with Gasteiger partial charge in [-0.2, -0.15) is 0 Å². The summed E-state index contributed by atoms with van der Waals surface area (Å²) in [5, 5.41) is 0. The Morgan fingerprint density at radius 2 is 2.06 bits per heavy atom. The Balaban J connectivity index is 2.85. The lowest BCUT2D eigenvalue weighted by molar-refractivity contribution is 0.256. The third kappa shape index (κ3) is 5.25. The van der Waals surface area contributed by atoms with Crippen molar-refractivity contribution in [3.8, 4) is 0 Å². The molecule has 0 amide bonds. The van der Waals surface area contributed by atoms with Crippen LogP contribution in [0.5, 0.6) is 0 Å². The molecular formula is C14H18BClO. The van der Waals surface area contributed by atoms with E-state index in [0.29, 0.717) is 0 Å². The Morgan fingerprint density at radius 1 is 1.41 bits per heavy atom. The molecule has 0 radical (unpaired) electrons. The first-order valence-electron chi connectivity index (χ1n) is 5.80. The standard InChI is InChI=1S/C14H18BClO/c1-4-8-14(11-15(16)17-12(2)3)13-9-6-5-7-10-13/h4-7,9-12H,1,8H2,2-3H3/b14-11+. The van der Waals surface area contributed by atoms with E-state index in [1.165, 1.54) is 0 Å². The van der Waals surface area contributed by atoms with Gasteiger partial charge in [-0.25, -0.2) is 0 Å². The highest BCUT2D eigenvalue weighted by atomic mass is 35.5. The summed E-state index contributed by atoms with van der Waals surface area (Å²) in [7, 11) is 0. The summed E-state index contributed by atoms with van der Waals surface area (Å²) in [5.74, 6) is 1.94. The highest BCUT2D eigenvalue weighted by Gasteiger charge is 2.12. The van der Waals surface area contributed by atoms with Crippen molar-refractivity contribution < 1.29 is 4.65 Å². The molecule has 1 nitrogen and oxygen atoms in total. The number of hydrogen-bond donors (Lipinski definition) is 0. The first-order valence-corrected chi connectivity index (χ1v) is 6.23. The normalized spacial score (nSPS) is 11.6. The topological polar surface area (TPSA) is 9.23 Å². The van der Waals surface area contributed by atoms with Crippen molar-refractivity contribution in [3.05, 3.63) is 54.5 Å². The smallest absolute Gasteiger partial charge is 0.416 e. The maximum absolute atomic E-state index is 6.12. The van der Waals surface area contributed by atoms with Crippen LogP contribution in [-0.4, -0.2) is 12.4 Å². The minimum absolute atomic E-state index is 0.120. The summed E-state index contributed by atoms with van der Waals surface area (Å²) in [4.78, 5) is 0. The van der Waals surface area contributed by atoms with Crippen LogP contribution in [0, 0.1) is 0 Å². The maximum atomic E-state index is 6.12. The Morgan fingerprint density at radius 3 is 2.59 bits per heavy atom. The van der Waals surface area contributed by atoms with Crippen molar-refractivity contribution in [2.24, 2.45) is 0 Å². The molecule has 1 aromatic rings. The van der Waals surface area contributed by atoms with Crippen molar-refractivity contribution in [1.82, 2.24) is 0 Å². The van der Waals surface area contributed by atoms with E-state index in [2.05, 4.69) is 18.7 Å². The average Bonchev–Trinajstić information content (AvgIpc) is 2.28. The Kier molecular flexibility index (Phi) is 6.10. The summed E-state index contributed by atoms with van der Waals surface area (Å²) < 4.78 is 5.50. The molecular weight excluding hydrogens is 230 g/mol. The van der Waals surface area contributed by atoms with Gasteiger partial charge in [-0.1, -0.05) is 42.4 Å². The van der Waals surface area contributed by atoms with Crippen molar-refractivity contribution in [3.63, 3.8) is 0 Å². The third-order valence-electron chi connectivity index (χ3n) is 2.24. The number of hydrogen-bond acceptors (Lipinski definition) is 1. The van der Waals surface area contributed by atoms with Crippen LogP contribution in [0.25, 0.3) is 5.57 Å². The first-order chi connectivity index (χ1) is 8.13. The van der Waals surface area contributed by atoms with Crippen LogP contribution < -0.4 is 0 Å². The van der Waals surface area contributed by atoms with E-state index in [1.807, 2.05) is 44.1 Å². The molecule has 0 saturated carbocycles. The Labute approximate surface area is 109 Å². The summed E-state index contributed by atoms with van der Waals surface area (Å²) in [6.45, 7) is 7.71. The molecule has 0 aliphatic rings. The van der Waals surface area contributed by atoms with Crippen LogP contribution in [0.1, 0.15) is 25.8 Å². The second-order valence-corrected chi connectivity index (χ2v) is 4.52. The number of allylic oxidation sites excluding steroid dienone is 2. The zero-order chi connectivity index (χ0) is 12.7. The van der Waals surface area contributed by atoms with Crippen molar-refractivity contribution in [2.45, 2.75) is 26.4 Å². The van der Waals surface area contributed by atoms with Crippen molar-refractivity contribution in [1.29, 1.82) is 0 Å². The molecule has 0 N–H and O–H groups in total. The first kappa shape index (κ1) is 14.1. The fraction of sp³-hybridized carbons (Fsp3) is 0.286. The van der Waals surface area contributed by atoms with E-state index in [-0.39, 0.29) is 6.10 Å². The highest BCUT2D eigenvalue weighted by molar-refractivity contribution is 7.06. The van der Waals surface area contributed by atoms with Gasteiger partial charge < -0.3 is 4.65 Å². The van der Waals surface area contributed by atoms with Gasteiger partial charge in [0.25, 0.3) is 0 Å². The Hall–Kier alpha value is -0.985. The van der Waals surface area contributed by atoms with E-state index < -0.39 is 6.33 Å². The molecule has 0 aromatic heterocycles. The van der Waals surface area contributed by atoms with E-state index in [4.69, 9.17) is 16.1 Å². The van der Waals surface area contributed by atoms with Gasteiger partial charge in [-0.3, -0.25) is 0 Å². The zero-order valence-corrected chi connectivity index (χ0v) is 11.2. The van der Waals surface area contributed by atoms with Crippen molar-refractivity contribution in [2.75, 3.05) is 0 Å². The molecule has 0 bridgehead atoms. The fourth-order valence-corrected chi connectivity index (χ4v) is 1.91. The quantitative estimate of drug-likeness (QED) is 0.538. The van der Waals surface area contributed by atoms with Crippen molar-refractivity contribution >= 4 is 23.4 Å². The molecule has 0 aliphatic carbocycles. The van der Waals surface area contributed by atoms with E-state index in [0.717, 1.165) is 17.6 Å². The molecule has 90 valence electrons. The molecule has 0 spiro atoms. The van der Waals surface area contributed by atoms with Crippen LogP contribution >= 0.6 is 11.5 Å². The zero-order valence-electron chi connectivity index (χ0n) is 10.4. The minimum atomic E-state index is -0.398. The van der Waals surface area contributed by atoms with E-state index in [9.17, 15) is 0 Å². The third-order valence-corrected chi connectivity index (χ3v) is 2.47. The van der Waals surface area contributed by atoms with Gasteiger partial charge in [0.15, 0.2) is 0 Å². The van der Waals surface area contributed by atoms with E-state index in [1.54, 1.807) is 0 Å². The minimum Gasteiger partial charge on any atom is -0.416 e. The summed E-state index contributed by atoms with van der Waals surface area (Å²) >= 11 is 6.12. The Bertz CT molecular complexity index is 373. The molecule has 0 fully saturated rings. The molecule has 0 atom stereocenters.